The van der Waals surface area contributed by atoms with Gasteiger partial charge in [0.1, 0.15) is 0 Å². The molecule has 0 bridgehead atoms. The summed E-state index contributed by atoms with van der Waals surface area (Å²) in [6.45, 7) is 11.2. The van der Waals surface area contributed by atoms with Gasteiger partial charge in [-0.15, -0.1) is 0 Å². The molecule has 0 radical (unpaired) electrons. The molecule has 0 saturated carbocycles. The van der Waals surface area contributed by atoms with Crippen molar-refractivity contribution in [3.05, 3.63) is 29.8 Å². The number of nitrogens with one attached hydrogen (secondary N) is 1. The maximum Gasteiger partial charge on any atom is 0.0370 e. The number of hydrogen-bond donors (Lipinski definition) is 1. The lowest BCUT2D eigenvalue weighted by molar-refractivity contribution is 0.580. The lowest BCUT2D eigenvalue weighted by Crippen LogP contribution is -2.43. The van der Waals surface area contributed by atoms with E-state index in [-0.39, 0.29) is 5.41 Å². The Morgan fingerprint density at radius 1 is 1.12 bits per heavy atom. The average molecular weight is 218 g/mol. The first kappa shape index (κ1) is 11.5. The Kier molecular flexibility index (Phi) is 3.20. The fourth-order valence-corrected chi connectivity index (χ4v) is 2.09. The van der Waals surface area contributed by atoms with Gasteiger partial charge in [0.05, 0.1) is 0 Å². The summed E-state index contributed by atoms with van der Waals surface area (Å²) in [4.78, 5) is 2.46. The average Bonchev–Trinajstić information content (AvgIpc) is 2.29. The Hall–Kier alpha value is -1.02. The molecule has 0 amide bonds. The molecule has 1 aromatic carbocycles. The van der Waals surface area contributed by atoms with Gasteiger partial charge in [0.15, 0.2) is 0 Å². The van der Waals surface area contributed by atoms with Crippen molar-refractivity contribution in [2.75, 3.05) is 31.1 Å². The van der Waals surface area contributed by atoms with E-state index in [2.05, 4.69) is 55.3 Å². The topological polar surface area (TPSA) is 15.3 Å². The van der Waals surface area contributed by atoms with Gasteiger partial charge in [0, 0.05) is 31.9 Å². The van der Waals surface area contributed by atoms with E-state index in [1.54, 1.807) is 0 Å². The van der Waals surface area contributed by atoms with Crippen LogP contribution in [0.4, 0.5) is 5.69 Å². The second-order valence-corrected chi connectivity index (χ2v) is 5.54. The minimum atomic E-state index is 0.240. The molecule has 1 aromatic rings. The smallest absolute Gasteiger partial charge is 0.0370 e. The number of piperazine rings is 1. The highest BCUT2D eigenvalue weighted by Gasteiger charge is 2.16. The zero-order chi connectivity index (χ0) is 11.6. The van der Waals surface area contributed by atoms with E-state index < -0.39 is 0 Å². The third-order valence-corrected chi connectivity index (χ3v) is 3.19. The largest absolute Gasteiger partial charge is 0.369 e. The second-order valence-electron chi connectivity index (χ2n) is 5.54. The van der Waals surface area contributed by atoms with E-state index in [0.717, 1.165) is 26.2 Å². The van der Waals surface area contributed by atoms with Crippen LogP contribution in [0.5, 0.6) is 0 Å². The standard InChI is InChI=1S/C14H22N2/c1-14(2,3)12-5-4-6-13(11-12)16-9-7-15-8-10-16/h4-6,11,15H,7-10H2,1-3H3. The summed E-state index contributed by atoms with van der Waals surface area (Å²) in [7, 11) is 0. The van der Waals surface area contributed by atoms with E-state index >= 15 is 0 Å². The van der Waals surface area contributed by atoms with Crippen molar-refractivity contribution in [2.45, 2.75) is 26.2 Å². The highest BCUT2D eigenvalue weighted by Crippen LogP contribution is 2.26. The summed E-state index contributed by atoms with van der Waals surface area (Å²) < 4.78 is 0. The normalized spacial score (nSPS) is 17.6. The third-order valence-electron chi connectivity index (χ3n) is 3.19. The van der Waals surface area contributed by atoms with Crippen LogP contribution in [-0.2, 0) is 5.41 Å². The van der Waals surface area contributed by atoms with Crippen molar-refractivity contribution in [3.63, 3.8) is 0 Å². The highest BCUT2D eigenvalue weighted by atomic mass is 15.2. The van der Waals surface area contributed by atoms with E-state index in [1.807, 2.05) is 0 Å². The third kappa shape index (κ3) is 2.56. The number of benzene rings is 1. The second kappa shape index (κ2) is 4.46. The molecule has 88 valence electrons. The van der Waals surface area contributed by atoms with E-state index in [1.165, 1.54) is 11.3 Å². The summed E-state index contributed by atoms with van der Waals surface area (Å²) in [5, 5.41) is 3.39. The van der Waals surface area contributed by atoms with Gasteiger partial charge in [-0.1, -0.05) is 32.9 Å². The molecule has 16 heavy (non-hydrogen) atoms. The van der Waals surface area contributed by atoms with Crippen LogP contribution < -0.4 is 10.2 Å². The molecule has 0 spiro atoms. The summed E-state index contributed by atoms with van der Waals surface area (Å²) in [5.41, 5.74) is 3.03. The highest BCUT2D eigenvalue weighted by molar-refractivity contribution is 5.50. The number of anilines is 1. The van der Waals surface area contributed by atoms with Gasteiger partial charge in [0.25, 0.3) is 0 Å². The van der Waals surface area contributed by atoms with Gasteiger partial charge in [-0.05, 0) is 23.1 Å². The lowest BCUT2D eigenvalue weighted by Gasteiger charge is -2.30. The van der Waals surface area contributed by atoms with Crippen molar-refractivity contribution in [1.82, 2.24) is 5.32 Å². The van der Waals surface area contributed by atoms with Crippen LogP contribution in [0.15, 0.2) is 24.3 Å². The molecule has 2 heteroatoms. The molecule has 0 aliphatic carbocycles. The zero-order valence-corrected chi connectivity index (χ0v) is 10.6. The summed E-state index contributed by atoms with van der Waals surface area (Å²) in [6.07, 6.45) is 0. The number of nitrogens with zero attached hydrogens (tertiary/aromatic N) is 1. The van der Waals surface area contributed by atoms with Gasteiger partial charge in [-0.3, -0.25) is 0 Å². The summed E-state index contributed by atoms with van der Waals surface area (Å²) >= 11 is 0. The molecule has 1 saturated heterocycles. The van der Waals surface area contributed by atoms with Crippen molar-refractivity contribution >= 4 is 5.69 Å². The molecule has 1 N–H and O–H groups in total. The fourth-order valence-electron chi connectivity index (χ4n) is 2.09. The predicted octanol–water partition coefficient (Wildman–Crippen LogP) is 2.39. The molecule has 1 aliphatic rings. The minimum Gasteiger partial charge on any atom is -0.369 e. The quantitative estimate of drug-likeness (QED) is 0.778. The van der Waals surface area contributed by atoms with Crippen LogP contribution in [0.25, 0.3) is 0 Å². The van der Waals surface area contributed by atoms with Crippen LogP contribution in [0.3, 0.4) is 0 Å². The van der Waals surface area contributed by atoms with Gasteiger partial charge < -0.3 is 10.2 Å². The summed E-state index contributed by atoms with van der Waals surface area (Å²) in [5.74, 6) is 0. The predicted molar refractivity (Wildman–Crippen MR) is 70.2 cm³/mol. The number of hydrogen-bond acceptors (Lipinski definition) is 2. The van der Waals surface area contributed by atoms with Crippen molar-refractivity contribution in [3.8, 4) is 0 Å². The molecule has 1 fully saturated rings. The van der Waals surface area contributed by atoms with Gasteiger partial charge in [-0.2, -0.15) is 0 Å². The van der Waals surface area contributed by atoms with Crippen LogP contribution in [0.1, 0.15) is 26.3 Å². The first-order chi connectivity index (χ1) is 7.57. The van der Waals surface area contributed by atoms with E-state index in [9.17, 15) is 0 Å². The van der Waals surface area contributed by atoms with Crippen LogP contribution in [0, 0.1) is 0 Å². The Morgan fingerprint density at radius 3 is 2.44 bits per heavy atom. The zero-order valence-electron chi connectivity index (χ0n) is 10.6. The molecule has 0 atom stereocenters. The molecular weight excluding hydrogens is 196 g/mol. The Labute approximate surface area is 98.7 Å². The minimum absolute atomic E-state index is 0.240. The molecule has 1 aliphatic heterocycles. The number of rotatable bonds is 1. The molecule has 2 rings (SSSR count). The van der Waals surface area contributed by atoms with Gasteiger partial charge in [-0.25, -0.2) is 0 Å². The Morgan fingerprint density at radius 2 is 1.81 bits per heavy atom. The molecule has 0 unspecified atom stereocenters. The van der Waals surface area contributed by atoms with E-state index in [0.29, 0.717) is 0 Å². The maximum absolute atomic E-state index is 3.39. The van der Waals surface area contributed by atoms with Crippen LogP contribution in [-0.4, -0.2) is 26.2 Å². The van der Waals surface area contributed by atoms with Crippen LogP contribution in [0.2, 0.25) is 0 Å². The molecular formula is C14H22N2. The SMILES string of the molecule is CC(C)(C)c1cccc(N2CCNCC2)c1. The van der Waals surface area contributed by atoms with Crippen LogP contribution >= 0.6 is 0 Å². The molecule has 1 heterocycles. The van der Waals surface area contributed by atoms with E-state index in [4.69, 9.17) is 0 Å². The Balaban J connectivity index is 2.21. The monoisotopic (exact) mass is 218 g/mol. The lowest BCUT2D eigenvalue weighted by atomic mass is 9.87. The first-order valence-electron chi connectivity index (χ1n) is 6.13. The molecule has 2 nitrogen and oxygen atoms in total. The maximum atomic E-state index is 3.39. The van der Waals surface area contributed by atoms with Gasteiger partial charge >= 0.3 is 0 Å². The summed E-state index contributed by atoms with van der Waals surface area (Å²) in [6, 6.07) is 8.97. The van der Waals surface area contributed by atoms with Gasteiger partial charge in [0.2, 0.25) is 0 Å². The molecule has 0 aromatic heterocycles. The van der Waals surface area contributed by atoms with Crippen molar-refractivity contribution in [2.24, 2.45) is 0 Å². The fraction of sp³-hybridized carbons (Fsp3) is 0.571. The Bertz CT molecular complexity index is 346. The van der Waals surface area contributed by atoms with Crippen molar-refractivity contribution < 1.29 is 0 Å². The van der Waals surface area contributed by atoms with Crippen molar-refractivity contribution in [1.29, 1.82) is 0 Å². The first-order valence-corrected chi connectivity index (χ1v) is 6.13.